The molecule has 0 aliphatic carbocycles. The van der Waals surface area contributed by atoms with Crippen LogP contribution >= 0.6 is 0 Å². The maximum absolute atomic E-state index is 12.2. The van der Waals surface area contributed by atoms with Gasteiger partial charge in [-0.2, -0.15) is 0 Å². The molecule has 0 spiro atoms. The van der Waals surface area contributed by atoms with Crippen molar-refractivity contribution < 1.29 is 9.59 Å². The molecule has 0 unspecified atom stereocenters. The smallest absolute Gasteiger partial charge is 0.325 e. The van der Waals surface area contributed by atoms with Gasteiger partial charge in [0.15, 0.2) is 0 Å². The standard InChI is InChI=1S/C15H14N4O4/c20-12-3-1-2-8-6-9(4-5-10(8)17-12)13(21)18-11-7-16-15(23)19-14(11)22/h4-7H,1-3H2,(H,17,20)(H,18,21)(H2,16,19,22,23). The third-order valence-corrected chi connectivity index (χ3v) is 3.56. The Hall–Kier alpha value is -3.16. The van der Waals surface area contributed by atoms with Gasteiger partial charge >= 0.3 is 5.69 Å². The summed E-state index contributed by atoms with van der Waals surface area (Å²) in [5.74, 6) is -0.512. The summed E-state index contributed by atoms with van der Waals surface area (Å²) in [5.41, 5.74) is 0.575. The summed E-state index contributed by atoms with van der Waals surface area (Å²) in [6, 6.07) is 4.93. The molecule has 0 saturated heterocycles. The molecule has 8 nitrogen and oxygen atoms in total. The molecule has 23 heavy (non-hydrogen) atoms. The normalized spacial score (nSPS) is 13.7. The number of hydrogen-bond acceptors (Lipinski definition) is 4. The lowest BCUT2D eigenvalue weighted by Crippen LogP contribution is -2.26. The van der Waals surface area contributed by atoms with E-state index in [0.29, 0.717) is 30.5 Å². The van der Waals surface area contributed by atoms with Crippen molar-refractivity contribution in [1.82, 2.24) is 9.97 Å². The quantitative estimate of drug-likeness (QED) is 0.647. The number of rotatable bonds is 2. The highest BCUT2D eigenvalue weighted by molar-refractivity contribution is 6.04. The van der Waals surface area contributed by atoms with Crippen LogP contribution in [0.25, 0.3) is 0 Å². The van der Waals surface area contributed by atoms with E-state index < -0.39 is 17.2 Å². The number of H-pyrrole nitrogens is 2. The van der Waals surface area contributed by atoms with Crippen molar-refractivity contribution in [3.05, 3.63) is 56.4 Å². The predicted octanol–water partition coefficient (Wildman–Crippen LogP) is 0.590. The largest absolute Gasteiger partial charge is 0.326 e. The molecular formula is C15H14N4O4. The van der Waals surface area contributed by atoms with Crippen molar-refractivity contribution in [2.75, 3.05) is 10.6 Å². The van der Waals surface area contributed by atoms with Crippen molar-refractivity contribution in [1.29, 1.82) is 0 Å². The van der Waals surface area contributed by atoms with E-state index in [2.05, 4.69) is 15.6 Å². The molecule has 2 heterocycles. The van der Waals surface area contributed by atoms with Gasteiger partial charge < -0.3 is 15.6 Å². The van der Waals surface area contributed by atoms with E-state index in [1.54, 1.807) is 18.2 Å². The Labute approximate surface area is 129 Å². The first-order valence-corrected chi connectivity index (χ1v) is 7.09. The van der Waals surface area contributed by atoms with E-state index in [1.165, 1.54) is 0 Å². The highest BCUT2D eigenvalue weighted by atomic mass is 16.2. The molecular weight excluding hydrogens is 300 g/mol. The Morgan fingerprint density at radius 1 is 1.13 bits per heavy atom. The van der Waals surface area contributed by atoms with Crippen molar-refractivity contribution in [3.63, 3.8) is 0 Å². The van der Waals surface area contributed by atoms with Gasteiger partial charge in [-0.25, -0.2) is 4.79 Å². The number of carbonyl (C=O) groups is 2. The summed E-state index contributed by atoms with van der Waals surface area (Å²) in [7, 11) is 0. The number of hydrogen-bond donors (Lipinski definition) is 4. The van der Waals surface area contributed by atoms with Crippen LogP contribution in [0.1, 0.15) is 28.8 Å². The molecule has 2 aromatic rings. The zero-order chi connectivity index (χ0) is 16.4. The minimum Gasteiger partial charge on any atom is -0.326 e. The summed E-state index contributed by atoms with van der Waals surface area (Å²) in [5, 5.41) is 5.23. The molecule has 0 bridgehead atoms. The Morgan fingerprint density at radius 2 is 1.96 bits per heavy atom. The zero-order valence-corrected chi connectivity index (χ0v) is 12.1. The van der Waals surface area contributed by atoms with Crippen LogP contribution in [-0.4, -0.2) is 21.8 Å². The fraction of sp³-hybridized carbons (Fsp3) is 0.200. The average Bonchev–Trinajstić information content (AvgIpc) is 2.69. The number of carbonyl (C=O) groups excluding carboxylic acids is 2. The average molecular weight is 314 g/mol. The van der Waals surface area contributed by atoms with Crippen LogP contribution in [-0.2, 0) is 11.2 Å². The molecule has 1 aliphatic rings. The number of anilines is 2. The molecule has 3 rings (SSSR count). The van der Waals surface area contributed by atoms with Gasteiger partial charge in [-0.05, 0) is 36.6 Å². The summed E-state index contributed by atoms with van der Waals surface area (Å²) in [6.07, 6.45) is 2.99. The fourth-order valence-electron chi connectivity index (χ4n) is 2.41. The molecule has 4 N–H and O–H groups in total. The topological polar surface area (TPSA) is 124 Å². The van der Waals surface area contributed by atoms with Crippen molar-refractivity contribution in [2.45, 2.75) is 19.3 Å². The van der Waals surface area contributed by atoms with Gasteiger partial charge in [-0.15, -0.1) is 0 Å². The molecule has 2 amide bonds. The second kappa shape index (κ2) is 5.91. The molecule has 0 saturated carbocycles. The lowest BCUT2D eigenvalue weighted by Gasteiger charge is -2.09. The molecule has 8 heteroatoms. The molecule has 0 atom stereocenters. The molecule has 1 aromatic carbocycles. The zero-order valence-electron chi connectivity index (χ0n) is 12.1. The number of nitrogens with one attached hydrogen (secondary N) is 4. The highest BCUT2D eigenvalue weighted by Gasteiger charge is 2.16. The van der Waals surface area contributed by atoms with Crippen LogP contribution in [0.5, 0.6) is 0 Å². The second-order valence-electron chi connectivity index (χ2n) is 5.21. The third-order valence-electron chi connectivity index (χ3n) is 3.56. The first kappa shape index (κ1) is 14.8. The molecule has 1 aromatic heterocycles. The van der Waals surface area contributed by atoms with Gasteiger partial charge in [0.25, 0.3) is 11.5 Å². The number of aromatic nitrogens is 2. The Bertz CT molecular complexity index is 897. The van der Waals surface area contributed by atoms with Gasteiger partial charge in [0.05, 0.1) is 0 Å². The van der Waals surface area contributed by atoms with E-state index in [0.717, 1.165) is 11.8 Å². The number of aryl methyl sites for hydroxylation is 1. The second-order valence-corrected chi connectivity index (χ2v) is 5.21. The van der Waals surface area contributed by atoms with E-state index in [4.69, 9.17) is 0 Å². The number of benzene rings is 1. The van der Waals surface area contributed by atoms with Gasteiger partial charge in [-0.3, -0.25) is 19.4 Å². The van der Waals surface area contributed by atoms with Crippen LogP contribution in [0.15, 0.2) is 34.0 Å². The van der Waals surface area contributed by atoms with Gasteiger partial charge in [0, 0.05) is 23.9 Å². The van der Waals surface area contributed by atoms with Crippen LogP contribution in [0, 0.1) is 0 Å². The Balaban J connectivity index is 1.85. The lowest BCUT2D eigenvalue weighted by atomic mass is 10.0. The lowest BCUT2D eigenvalue weighted by molar-refractivity contribution is -0.116. The summed E-state index contributed by atoms with van der Waals surface area (Å²) < 4.78 is 0. The summed E-state index contributed by atoms with van der Waals surface area (Å²) in [6.45, 7) is 0. The van der Waals surface area contributed by atoms with Gasteiger partial charge in [-0.1, -0.05) is 0 Å². The molecule has 0 radical (unpaired) electrons. The summed E-state index contributed by atoms with van der Waals surface area (Å²) in [4.78, 5) is 50.6. The van der Waals surface area contributed by atoms with Crippen molar-refractivity contribution >= 4 is 23.2 Å². The Morgan fingerprint density at radius 3 is 2.74 bits per heavy atom. The van der Waals surface area contributed by atoms with E-state index in [9.17, 15) is 19.2 Å². The number of fused-ring (bicyclic) bond motifs is 1. The van der Waals surface area contributed by atoms with E-state index in [1.807, 2.05) is 4.98 Å². The molecule has 118 valence electrons. The van der Waals surface area contributed by atoms with Crippen LogP contribution in [0.2, 0.25) is 0 Å². The SMILES string of the molecule is O=C1CCCc2cc(C(=O)Nc3c[nH]c(=O)[nH]c3=O)ccc2N1. The monoisotopic (exact) mass is 314 g/mol. The van der Waals surface area contributed by atoms with Gasteiger partial charge in [0.1, 0.15) is 5.69 Å². The first-order valence-electron chi connectivity index (χ1n) is 7.09. The minimum absolute atomic E-state index is 0.0410. The molecule has 1 aliphatic heterocycles. The van der Waals surface area contributed by atoms with Crippen LogP contribution < -0.4 is 21.9 Å². The number of aromatic amines is 2. The predicted molar refractivity (Wildman–Crippen MR) is 83.6 cm³/mol. The van der Waals surface area contributed by atoms with Crippen LogP contribution in [0.4, 0.5) is 11.4 Å². The van der Waals surface area contributed by atoms with E-state index >= 15 is 0 Å². The fourth-order valence-corrected chi connectivity index (χ4v) is 2.41. The molecule has 0 fully saturated rings. The first-order chi connectivity index (χ1) is 11.0. The Kier molecular flexibility index (Phi) is 3.80. The van der Waals surface area contributed by atoms with Crippen molar-refractivity contribution in [2.24, 2.45) is 0 Å². The van der Waals surface area contributed by atoms with Crippen LogP contribution in [0.3, 0.4) is 0 Å². The summed E-state index contributed by atoms with van der Waals surface area (Å²) >= 11 is 0. The highest BCUT2D eigenvalue weighted by Crippen LogP contribution is 2.23. The van der Waals surface area contributed by atoms with Gasteiger partial charge in [0.2, 0.25) is 5.91 Å². The van der Waals surface area contributed by atoms with E-state index in [-0.39, 0.29) is 11.6 Å². The maximum Gasteiger partial charge on any atom is 0.325 e. The minimum atomic E-state index is -0.677. The number of amides is 2. The van der Waals surface area contributed by atoms with Crippen molar-refractivity contribution in [3.8, 4) is 0 Å². The third kappa shape index (κ3) is 3.20. The maximum atomic E-state index is 12.2.